The highest BCUT2D eigenvalue weighted by atomic mass is 79.9. The number of unbranched alkanes of at least 4 members (excludes halogenated alkanes) is 4. The van der Waals surface area contributed by atoms with Gasteiger partial charge in [-0.15, -0.1) is 0 Å². The molecule has 0 heterocycles. The fourth-order valence-corrected chi connectivity index (χ4v) is 3.65. The first-order chi connectivity index (χ1) is 8.56. The molecule has 0 saturated carbocycles. The summed E-state index contributed by atoms with van der Waals surface area (Å²) in [6.45, 7) is 5.32. The van der Waals surface area contributed by atoms with Gasteiger partial charge in [0.15, 0.2) is 0 Å². The third-order valence-corrected chi connectivity index (χ3v) is 5.46. The van der Waals surface area contributed by atoms with Crippen molar-refractivity contribution in [1.29, 1.82) is 0 Å². The summed E-state index contributed by atoms with van der Waals surface area (Å²) in [4.78, 5) is 10.9. The number of carbonyl (C=O) groups excluding carboxylic acids is 1. The van der Waals surface area contributed by atoms with Crippen LogP contribution in [-0.2, 0) is 9.53 Å². The Kier molecular flexibility index (Phi) is 12.7. The molecular weight excluding hydrogens is 376 g/mol. The molecule has 0 N–H and O–H groups in total. The van der Waals surface area contributed by atoms with E-state index in [1.54, 1.807) is 0 Å². The summed E-state index contributed by atoms with van der Waals surface area (Å²) in [5.74, 6) is -0.317. The van der Waals surface area contributed by atoms with Crippen molar-refractivity contribution in [1.82, 2.24) is 0 Å². The molecule has 0 aliphatic carbocycles. The van der Waals surface area contributed by atoms with Gasteiger partial charge in [-0.3, -0.25) is 0 Å². The van der Waals surface area contributed by atoms with Crippen molar-refractivity contribution in [2.45, 2.75) is 61.0 Å². The molecule has 104 valence electrons. The lowest BCUT2D eigenvalue weighted by Gasteiger charge is -2.11. The van der Waals surface area contributed by atoms with Crippen molar-refractivity contribution in [2.24, 2.45) is 0 Å². The number of rotatable bonds is 11. The van der Waals surface area contributed by atoms with E-state index < -0.39 is 0 Å². The molecular formula is C13H22Br2O2Si. The summed E-state index contributed by atoms with van der Waals surface area (Å²) in [5, 5.41) is 0. The molecule has 2 radical (unpaired) electrons. The normalized spacial score (nSPS) is 12.4. The lowest BCUT2D eigenvalue weighted by Crippen LogP contribution is -2.12. The fourth-order valence-electron chi connectivity index (χ4n) is 1.60. The number of alkyl halides is 2. The Morgan fingerprint density at radius 2 is 1.89 bits per heavy atom. The van der Waals surface area contributed by atoms with Crippen LogP contribution in [-0.4, -0.2) is 25.0 Å². The van der Waals surface area contributed by atoms with Gasteiger partial charge in [-0.05, 0) is 19.8 Å². The molecule has 1 unspecified atom stereocenters. The summed E-state index contributed by atoms with van der Waals surface area (Å²) < 4.78 is 5.60. The lowest BCUT2D eigenvalue weighted by atomic mass is 10.1. The van der Waals surface area contributed by atoms with Crippen LogP contribution in [0.25, 0.3) is 0 Å². The average Bonchev–Trinajstić information content (AvgIpc) is 2.31. The Bertz CT molecular complexity index is 235. The third-order valence-electron chi connectivity index (χ3n) is 2.57. The van der Waals surface area contributed by atoms with E-state index in [-0.39, 0.29) is 12.1 Å². The summed E-state index contributed by atoms with van der Waals surface area (Å²) >= 11 is 6.98. The van der Waals surface area contributed by atoms with Crippen LogP contribution < -0.4 is 0 Å². The Labute approximate surface area is 130 Å². The zero-order valence-corrected chi connectivity index (χ0v) is 15.1. The summed E-state index contributed by atoms with van der Waals surface area (Å²) in [6, 6.07) is 1.30. The van der Waals surface area contributed by atoms with E-state index in [2.05, 4.69) is 38.4 Å². The summed E-state index contributed by atoms with van der Waals surface area (Å²) in [6.07, 6.45) is 8.44. The first-order valence-electron chi connectivity index (χ1n) is 6.41. The van der Waals surface area contributed by atoms with Crippen LogP contribution in [0.2, 0.25) is 6.04 Å². The van der Waals surface area contributed by atoms with E-state index in [9.17, 15) is 4.79 Å². The zero-order chi connectivity index (χ0) is 13.8. The number of halogens is 2. The molecule has 0 spiro atoms. The maximum Gasteiger partial charge on any atom is 0.330 e. The van der Waals surface area contributed by atoms with Gasteiger partial charge >= 0.3 is 5.97 Å². The minimum absolute atomic E-state index is 0.0135. The highest BCUT2D eigenvalue weighted by molar-refractivity contribution is 9.25. The van der Waals surface area contributed by atoms with E-state index >= 15 is 0 Å². The molecule has 0 fully saturated rings. The number of hydrogen-bond donors (Lipinski definition) is 0. The van der Waals surface area contributed by atoms with Crippen LogP contribution in [0.3, 0.4) is 0 Å². The van der Waals surface area contributed by atoms with Crippen molar-refractivity contribution in [3.8, 4) is 0 Å². The molecule has 1 atom stereocenters. The molecule has 2 nitrogen and oxygen atoms in total. The monoisotopic (exact) mass is 396 g/mol. The molecule has 0 bridgehead atoms. The molecule has 0 saturated heterocycles. The lowest BCUT2D eigenvalue weighted by molar-refractivity contribution is -0.142. The SMILES string of the molecule is C=CC(=O)OC(C)CCCCCCC[Si]C(Br)Br. The fraction of sp³-hybridized carbons (Fsp3) is 0.769. The number of esters is 1. The number of carbonyl (C=O) groups is 1. The summed E-state index contributed by atoms with van der Waals surface area (Å²) in [5.41, 5.74) is 0. The Morgan fingerprint density at radius 1 is 1.28 bits per heavy atom. The largest absolute Gasteiger partial charge is 0.460 e. The minimum atomic E-state index is -0.317. The average molecular weight is 398 g/mol. The predicted octanol–water partition coefficient (Wildman–Crippen LogP) is 4.64. The van der Waals surface area contributed by atoms with E-state index in [0.29, 0.717) is 3.36 Å². The maximum atomic E-state index is 10.9. The molecule has 5 heteroatoms. The van der Waals surface area contributed by atoms with Crippen LogP contribution in [0.15, 0.2) is 12.7 Å². The van der Waals surface area contributed by atoms with Crippen LogP contribution in [0.5, 0.6) is 0 Å². The van der Waals surface area contributed by atoms with Gasteiger partial charge in [0.25, 0.3) is 0 Å². The van der Waals surface area contributed by atoms with Gasteiger partial charge in [-0.2, -0.15) is 0 Å². The van der Waals surface area contributed by atoms with Gasteiger partial charge in [0.05, 0.1) is 19.0 Å². The van der Waals surface area contributed by atoms with Crippen molar-refractivity contribution in [3.05, 3.63) is 12.7 Å². The quantitative estimate of drug-likeness (QED) is 0.167. The first-order valence-corrected chi connectivity index (χ1v) is 9.52. The second-order valence-corrected chi connectivity index (χ2v) is 10.5. The molecule has 0 aliphatic heterocycles. The second kappa shape index (κ2) is 12.4. The standard InChI is InChI=1S/C13H22Br2O2Si/c1-3-12(16)17-11(2)9-7-5-4-6-8-10-18-13(14)15/h3,11,13H,1,4-10H2,2H3. The van der Waals surface area contributed by atoms with Gasteiger partial charge in [-0.1, -0.05) is 70.2 Å². The topological polar surface area (TPSA) is 26.3 Å². The molecule has 0 rings (SSSR count). The van der Waals surface area contributed by atoms with Crippen molar-refractivity contribution in [3.63, 3.8) is 0 Å². The highest BCUT2D eigenvalue weighted by Gasteiger charge is 2.05. The van der Waals surface area contributed by atoms with Gasteiger partial charge in [0.1, 0.15) is 0 Å². The molecule has 0 aromatic rings. The van der Waals surface area contributed by atoms with E-state index in [0.717, 1.165) is 22.4 Å². The van der Waals surface area contributed by atoms with E-state index in [1.807, 2.05) is 6.92 Å². The predicted molar refractivity (Wildman–Crippen MR) is 85.7 cm³/mol. The van der Waals surface area contributed by atoms with Crippen LogP contribution in [0.1, 0.15) is 45.4 Å². The van der Waals surface area contributed by atoms with Crippen molar-refractivity contribution < 1.29 is 9.53 Å². The third kappa shape index (κ3) is 12.8. The Balaban J connectivity index is 3.24. The van der Waals surface area contributed by atoms with Gasteiger partial charge in [-0.25, -0.2) is 4.79 Å². The molecule has 0 aromatic carbocycles. The maximum absolute atomic E-state index is 10.9. The minimum Gasteiger partial charge on any atom is -0.460 e. The van der Waals surface area contributed by atoms with Gasteiger partial charge in [0.2, 0.25) is 0 Å². The van der Waals surface area contributed by atoms with Crippen LogP contribution >= 0.6 is 31.9 Å². The smallest absolute Gasteiger partial charge is 0.330 e. The summed E-state index contributed by atoms with van der Waals surface area (Å²) in [7, 11) is 0.960. The van der Waals surface area contributed by atoms with Crippen molar-refractivity contribution in [2.75, 3.05) is 0 Å². The van der Waals surface area contributed by atoms with E-state index in [4.69, 9.17) is 4.74 Å². The zero-order valence-electron chi connectivity index (χ0n) is 11.0. The van der Waals surface area contributed by atoms with E-state index in [1.165, 1.54) is 37.8 Å². The van der Waals surface area contributed by atoms with Gasteiger partial charge in [0, 0.05) is 6.08 Å². The van der Waals surface area contributed by atoms with Gasteiger partial charge < -0.3 is 4.74 Å². The van der Waals surface area contributed by atoms with Crippen LogP contribution in [0.4, 0.5) is 0 Å². The molecule has 18 heavy (non-hydrogen) atoms. The highest BCUT2D eigenvalue weighted by Crippen LogP contribution is 2.13. The second-order valence-electron chi connectivity index (χ2n) is 4.26. The number of hydrogen-bond acceptors (Lipinski definition) is 2. The first kappa shape index (κ1) is 18.4. The van der Waals surface area contributed by atoms with Crippen LogP contribution in [0, 0.1) is 0 Å². The molecule has 0 amide bonds. The Hall–Kier alpha value is 0.387. The van der Waals surface area contributed by atoms with Crippen molar-refractivity contribution >= 4 is 47.3 Å². The Morgan fingerprint density at radius 3 is 2.50 bits per heavy atom. The molecule has 0 aliphatic rings. The number of ether oxygens (including phenoxy) is 1. The molecule has 0 aromatic heterocycles.